The van der Waals surface area contributed by atoms with Crippen LogP contribution in [0, 0.1) is 0 Å². The van der Waals surface area contributed by atoms with Crippen LogP contribution in [0.4, 0.5) is 5.69 Å². The molecule has 1 saturated heterocycles. The molecule has 41 heavy (non-hydrogen) atoms. The lowest BCUT2D eigenvalue weighted by Gasteiger charge is -2.31. The van der Waals surface area contributed by atoms with Crippen LogP contribution in [0.15, 0.2) is 77.2 Å². The summed E-state index contributed by atoms with van der Waals surface area (Å²) >= 11 is 0. The van der Waals surface area contributed by atoms with Gasteiger partial charge in [-0.1, -0.05) is 43.3 Å². The molecule has 2 heterocycles. The average molecular weight is 575 g/mol. The number of ether oxygens (including phenoxy) is 2. The third-order valence-corrected chi connectivity index (χ3v) is 9.51. The summed E-state index contributed by atoms with van der Waals surface area (Å²) in [5, 5.41) is 2.97. The highest BCUT2D eigenvalue weighted by atomic mass is 32.2. The molecular formula is C33H38N2O5S. The van der Waals surface area contributed by atoms with Crippen molar-refractivity contribution in [2.75, 3.05) is 37.9 Å². The summed E-state index contributed by atoms with van der Waals surface area (Å²) in [4.78, 5) is 15.9. The van der Waals surface area contributed by atoms with Gasteiger partial charge < -0.3 is 14.8 Å². The van der Waals surface area contributed by atoms with E-state index in [-0.39, 0.29) is 23.0 Å². The Labute approximate surface area is 243 Å². The number of carbonyl (C=O) groups excluding carboxylic acids is 1. The van der Waals surface area contributed by atoms with Gasteiger partial charge in [0.2, 0.25) is 0 Å². The number of rotatable bonds is 9. The number of nitrogens with one attached hydrogen (secondary N) is 1. The SMILES string of the molecule is CCCOc1ccccc1-c1ccc2c(c1)C=C(C(=O)Nc1ccc(CN(C)C3CCOCC3)cc1)CCS2(=O)=O. The Morgan fingerprint density at radius 3 is 2.56 bits per heavy atom. The van der Waals surface area contributed by atoms with Crippen LogP contribution in [-0.4, -0.2) is 57.9 Å². The Balaban J connectivity index is 1.34. The lowest BCUT2D eigenvalue weighted by molar-refractivity contribution is -0.112. The molecule has 0 saturated carbocycles. The second-order valence-electron chi connectivity index (χ2n) is 10.7. The van der Waals surface area contributed by atoms with Crippen molar-refractivity contribution >= 4 is 27.5 Å². The van der Waals surface area contributed by atoms with Gasteiger partial charge in [0.15, 0.2) is 9.84 Å². The Hall–Kier alpha value is -3.46. The Bertz CT molecular complexity index is 1510. The molecule has 0 aliphatic carbocycles. The molecule has 0 bridgehead atoms. The molecule has 0 unspecified atom stereocenters. The summed E-state index contributed by atoms with van der Waals surface area (Å²) in [7, 11) is -1.41. The maximum absolute atomic E-state index is 13.3. The van der Waals surface area contributed by atoms with E-state index in [4.69, 9.17) is 9.47 Å². The molecule has 3 aromatic rings. The Kier molecular flexibility index (Phi) is 9.22. The largest absolute Gasteiger partial charge is 0.493 e. The molecule has 1 amide bonds. The second kappa shape index (κ2) is 13.0. The molecule has 0 radical (unpaired) electrons. The Morgan fingerprint density at radius 1 is 1.05 bits per heavy atom. The van der Waals surface area contributed by atoms with E-state index in [0.29, 0.717) is 29.5 Å². The fourth-order valence-corrected chi connectivity index (χ4v) is 6.86. The predicted octanol–water partition coefficient (Wildman–Crippen LogP) is 5.95. The van der Waals surface area contributed by atoms with Crippen molar-refractivity contribution in [3.05, 3.63) is 83.4 Å². The molecule has 1 N–H and O–H groups in total. The van der Waals surface area contributed by atoms with Crippen LogP contribution in [-0.2, 0) is 25.9 Å². The van der Waals surface area contributed by atoms with Gasteiger partial charge in [-0.15, -0.1) is 0 Å². The number of carbonyl (C=O) groups is 1. The van der Waals surface area contributed by atoms with E-state index < -0.39 is 9.84 Å². The molecule has 0 spiro atoms. The molecule has 1 fully saturated rings. The van der Waals surface area contributed by atoms with Gasteiger partial charge in [0.25, 0.3) is 5.91 Å². The van der Waals surface area contributed by atoms with Crippen LogP contribution >= 0.6 is 0 Å². The van der Waals surface area contributed by atoms with Crippen molar-refractivity contribution in [2.45, 2.75) is 50.1 Å². The van der Waals surface area contributed by atoms with Crippen LogP contribution in [0.2, 0.25) is 0 Å². The summed E-state index contributed by atoms with van der Waals surface area (Å²) in [6.07, 6.45) is 4.82. The number of hydrogen-bond acceptors (Lipinski definition) is 6. The number of para-hydroxylation sites is 1. The normalized spacial score (nSPS) is 16.9. The number of nitrogens with zero attached hydrogens (tertiary/aromatic N) is 1. The van der Waals surface area contributed by atoms with Crippen molar-refractivity contribution in [2.24, 2.45) is 0 Å². The third-order valence-electron chi connectivity index (χ3n) is 7.72. The van der Waals surface area contributed by atoms with E-state index in [1.807, 2.05) is 60.7 Å². The molecule has 0 aromatic heterocycles. The summed E-state index contributed by atoms with van der Waals surface area (Å²) in [5.41, 5.74) is 4.51. The molecule has 8 heteroatoms. The topological polar surface area (TPSA) is 84.9 Å². The van der Waals surface area contributed by atoms with Crippen LogP contribution in [0.25, 0.3) is 17.2 Å². The standard InChI is InChI=1S/C33H38N2O5S/c1-3-17-40-31-7-5-4-6-30(31)25-10-13-32-27(21-25)22-26(16-20-41(32,37)38)33(36)34-28-11-8-24(9-12-28)23-35(2)29-14-18-39-19-15-29/h4-13,21-22,29H,3,14-20,23H2,1-2H3,(H,34,36). The molecule has 2 aliphatic heterocycles. The van der Waals surface area contributed by atoms with Gasteiger partial charge in [0.1, 0.15) is 5.75 Å². The molecule has 216 valence electrons. The minimum absolute atomic E-state index is 0.119. The van der Waals surface area contributed by atoms with Crippen molar-refractivity contribution in [1.29, 1.82) is 0 Å². The van der Waals surface area contributed by atoms with E-state index in [2.05, 4.69) is 24.2 Å². The summed E-state index contributed by atoms with van der Waals surface area (Å²) in [6, 6.07) is 21.4. The summed E-state index contributed by atoms with van der Waals surface area (Å²) < 4.78 is 37.6. The summed E-state index contributed by atoms with van der Waals surface area (Å²) in [5.74, 6) is 0.332. The number of anilines is 1. The highest BCUT2D eigenvalue weighted by Gasteiger charge is 2.25. The lowest BCUT2D eigenvalue weighted by Crippen LogP contribution is -2.36. The maximum atomic E-state index is 13.3. The van der Waals surface area contributed by atoms with Crippen LogP contribution in [0.5, 0.6) is 5.75 Å². The van der Waals surface area contributed by atoms with E-state index in [0.717, 1.165) is 55.9 Å². The van der Waals surface area contributed by atoms with Crippen LogP contribution in [0.3, 0.4) is 0 Å². The van der Waals surface area contributed by atoms with Gasteiger partial charge in [0.05, 0.1) is 17.3 Å². The van der Waals surface area contributed by atoms with E-state index in [9.17, 15) is 13.2 Å². The molecule has 3 aromatic carbocycles. The van der Waals surface area contributed by atoms with Crippen molar-refractivity contribution < 1.29 is 22.7 Å². The van der Waals surface area contributed by atoms with Crippen LogP contribution < -0.4 is 10.1 Å². The van der Waals surface area contributed by atoms with Gasteiger partial charge in [-0.2, -0.15) is 0 Å². The zero-order chi connectivity index (χ0) is 28.8. The molecule has 5 rings (SSSR count). The van der Waals surface area contributed by atoms with Gasteiger partial charge in [0, 0.05) is 42.6 Å². The number of amides is 1. The number of benzene rings is 3. The first kappa shape index (κ1) is 29.0. The molecular weight excluding hydrogens is 536 g/mol. The molecule has 2 aliphatic rings. The third kappa shape index (κ3) is 7.07. The van der Waals surface area contributed by atoms with Gasteiger partial charge in [-0.25, -0.2) is 8.42 Å². The van der Waals surface area contributed by atoms with Gasteiger partial charge in [-0.3, -0.25) is 9.69 Å². The van der Waals surface area contributed by atoms with Crippen molar-refractivity contribution in [3.63, 3.8) is 0 Å². The average Bonchev–Trinajstić information content (AvgIpc) is 3.12. The zero-order valence-electron chi connectivity index (χ0n) is 23.8. The first-order valence-corrected chi connectivity index (χ1v) is 16.0. The first-order chi connectivity index (χ1) is 19.8. The summed E-state index contributed by atoms with van der Waals surface area (Å²) in [6.45, 7) is 5.09. The second-order valence-corrected chi connectivity index (χ2v) is 12.8. The highest BCUT2D eigenvalue weighted by molar-refractivity contribution is 7.91. The zero-order valence-corrected chi connectivity index (χ0v) is 24.6. The van der Waals surface area contributed by atoms with E-state index in [1.54, 1.807) is 12.1 Å². The molecule has 0 atom stereocenters. The fourth-order valence-electron chi connectivity index (χ4n) is 5.40. The highest BCUT2D eigenvalue weighted by Crippen LogP contribution is 2.35. The molecule has 7 nitrogen and oxygen atoms in total. The number of hydrogen-bond donors (Lipinski definition) is 1. The van der Waals surface area contributed by atoms with E-state index in [1.165, 1.54) is 5.56 Å². The van der Waals surface area contributed by atoms with Crippen molar-refractivity contribution in [3.8, 4) is 16.9 Å². The predicted molar refractivity (Wildman–Crippen MR) is 163 cm³/mol. The van der Waals surface area contributed by atoms with E-state index >= 15 is 0 Å². The van der Waals surface area contributed by atoms with Gasteiger partial charge >= 0.3 is 0 Å². The quantitative estimate of drug-likeness (QED) is 0.340. The fraction of sp³-hybridized carbons (Fsp3) is 0.364. The first-order valence-electron chi connectivity index (χ1n) is 14.3. The monoisotopic (exact) mass is 574 g/mol. The Morgan fingerprint density at radius 2 is 1.80 bits per heavy atom. The minimum Gasteiger partial charge on any atom is -0.493 e. The van der Waals surface area contributed by atoms with Crippen molar-refractivity contribution in [1.82, 2.24) is 4.90 Å². The number of fused-ring (bicyclic) bond motifs is 1. The van der Waals surface area contributed by atoms with Gasteiger partial charge in [-0.05, 0) is 85.8 Å². The minimum atomic E-state index is -3.54. The smallest absolute Gasteiger partial charge is 0.251 e. The number of sulfone groups is 1. The van der Waals surface area contributed by atoms with Crippen LogP contribution in [0.1, 0.15) is 43.7 Å². The maximum Gasteiger partial charge on any atom is 0.251 e. The lowest BCUT2D eigenvalue weighted by atomic mass is 10.00.